The lowest BCUT2D eigenvalue weighted by molar-refractivity contribution is -0.442. The topological polar surface area (TPSA) is 27.7 Å². The van der Waals surface area contributed by atoms with E-state index < -0.39 is 50.4 Å². The number of alkyl halides is 14. The fraction of sp³-hybridized carbons (Fsp3) is 1.00. The predicted octanol–water partition coefficient (Wildman–Crippen LogP) is 4.48. The third-order valence-electron chi connectivity index (χ3n) is 3.44. The Morgan fingerprint density at radius 2 is 0.821 bits per heavy atom. The van der Waals surface area contributed by atoms with Gasteiger partial charge in [-0.15, -0.1) is 0 Å². The van der Waals surface area contributed by atoms with Gasteiger partial charge in [-0.1, -0.05) is 0 Å². The second-order valence-electron chi connectivity index (χ2n) is 5.00. The van der Waals surface area contributed by atoms with Crippen LogP contribution in [0.3, 0.4) is 0 Å². The third-order valence-corrected chi connectivity index (χ3v) is 6.13. The van der Waals surface area contributed by atoms with Gasteiger partial charge in [0.05, 0.1) is 0 Å². The van der Waals surface area contributed by atoms with Crippen molar-refractivity contribution in [2.75, 3.05) is 21.3 Å². The molecule has 0 saturated heterocycles. The van der Waals surface area contributed by atoms with Gasteiger partial charge in [0, 0.05) is 21.3 Å². The largest absolute Gasteiger partial charge is 0.543 e. The van der Waals surface area contributed by atoms with Crippen molar-refractivity contribution in [2.24, 2.45) is 0 Å². The molecule has 18 heteroatoms. The Labute approximate surface area is 147 Å². The monoisotopic (exact) mass is 472 g/mol. The highest BCUT2D eigenvalue weighted by Crippen LogP contribution is 2.61. The van der Waals surface area contributed by atoms with E-state index in [0.717, 1.165) is 0 Å². The Hall–Kier alpha value is -0.883. The fourth-order valence-corrected chi connectivity index (χ4v) is 3.47. The molecule has 0 amide bonds. The Balaban J connectivity index is 6.55. The van der Waals surface area contributed by atoms with Gasteiger partial charge in [-0.2, -0.15) is 57.1 Å². The van der Waals surface area contributed by atoms with Crippen LogP contribution in [0.4, 0.5) is 61.5 Å². The molecule has 0 aliphatic heterocycles. The van der Waals surface area contributed by atoms with Crippen LogP contribution < -0.4 is 0 Å². The summed E-state index contributed by atoms with van der Waals surface area (Å²) in [5, 5.41) is 0. The van der Waals surface area contributed by atoms with Gasteiger partial charge in [-0.25, -0.2) is 4.39 Å². The van der Waals surface area contributed by atoms with Crippen LogP contribution in [0, 0.1) is 0 Å². The summed E-state index contributed by atoms with van der Waals surface area (Å²) in [6, 6.07) is 0. The first kappa shape index (κ1) is 27.1. The molecule has 0 fully saturated rings. The molecule has 0 heterocycles. The predicted molar refractivity (Wildman–Crippen MR) is 62.5 cm³/mol. The van der Waals surface area contributed by atoms with Crippen molar-refractivity contribution in [3.05, 3.63) is 0 Å². The maximum Gasteiger partial charge on any atom is 0.543 e. The van der Waals surface area contributed by atoms with E-state index in [-0.39, 0.29) is 0 Å². The number of rotatable bonds is 9. The van der Waals surface area contributed by atoms with Gasteiger partial charge in [0.25, 0.3) is 0 Å². The van der Waals surface area contributed by atoms with Crippen molar-refractivity contribution in [1.82, 2.24) is 0 Å². The van der Waals surface area contributed by atoms with Crippen molar-refractivity contribution in [2.45, 2.75) is 41.6 Å². The minimum atomic E-state index is -8.12. The molecule has 28 heavy (non-hydrogen) atoms. The van der Waals surface area contributed by atoms with E-state index >= 15 is 0 Å². The molecule has 3 nitrogen and oxygen atoms in total. The van der Waals surface area contributed by atoms with Gasteiger partial charge in [0.2, 0.25) is 5.79 Å². The van der Waals surface area contributed by atoms with Crippen molar-refractivity contribution in [1.29, 1.82) is 0 Å². The van der Waals surface area contributed by atoms with Gasteiger partial charge in [-0.3, -0.25) is 0 Å². The van der Waals surface area contributed by atoms with Gasteiger partial charge in [-0.05, 0) is 0 Å². The summed E-state index contributed by atoms with van der Waals surface area (Å²) < 4.78 is 194. The molecular formula is C10H10F14O3Si. The number of hydrogen-bond acceptors (Lipinski definition) is 3. The highest BCUT2D eigenvalue weighted by atomic mass is 28.4. The summed E-state index contributed by atoms with van der Waals surface area (Å²) in [6.45, 7) is 0. The van der Waals surface area contributed by atoms with Crippen LogP contribution in [0.25, 0.3) is 0 Å². The van der Waals surface area contributed by atoms with E-state index in [9.17, 15) is 61.5 Å². The maximum absolute atomic E-state index is 13.9. The molecule has 1 unspecified atom stereocenters. The first-order valence-corrected chi connectivity index (χ1v) is 8.14. The van der Waals surface area contributed by atoms with E-state index in [1.54, 1.807) is 0 Å². The van der Waals surface area contributed by atoms with Gasteiger partial charge in [0.15, 0.2) is 0 Å². The second-order valence-corrected chi connectivity index (χ2v) is 7.94. The average molecular weight is 472 g/mol. The molecule has 1 atom stereocenters. The Morgan fingerprint density at radius 1 is 0.536 bits per heavy atom. The summed E-state index contributed by atoms with van der Waals surface area (Å²) >= 11 is 0. The third kappa shape index (κ3) is 3.45. The Morgan fingerprint density at radius 3 is 1.07 bits per heavy atom. The van der Waals surface area contributed by atoms with E-state index in [2.05, 4.69) is 13.3 Å². The van der Waals surface area contributed by atoms with E-state index in [4.69, 9.17) is 0 Å². The number of hydrogen-bond donors (Lipinski definition) is 0. The molecule has 0 aromatic heterocycles. The summed E-state index contributed by atoms with van der Waals surface area (Å²) in [5.41, 5.74) is 0. The molecule has 0 radical (unpaired) electrons. The first-order valence-electron chi connectivity index (χ1n) is 6.34. The average Bonchev–Trinajstić information content (AvgIpc) is 2.54. The molecule has 0 aliphatic carbocycles. The van der Waals surface area contributed by atoms with Crippen LogP contribution in [0.1, 0.15) is 0 Å². The normalized spacial score (nSPS) is 17.0. The van der Waals surface area contributed by atoms with Crippen LogP contribution in [-0.2, 0) is 13.3 Å². The molecule has 0 spiro atoms. The lowest BCUT2D eigenvalue weighted by atomic mass is 9.94. The van der Waals surface area contributed by atoms with Crippen LogP contribution in [0.15, 0.2) is 0 Å². The SMILES string of the molecule is CO[Si](OC)(OC)C(F)C(F)(F)C(F)(F)C(F)(F)C(F)(F)C(F)(F)C(F)(F)F. The summed E-state index contributed by atoms with van der Waals surface area (Å²) in [4.78, 5) is 0. The van der Waals surface area contributed by atoms with Crippen molar-refractivity contribution in [3.63, 3.8) is 0 Å². The molecule has 0 aliphatic rings. The van der Waals surface area contributed by atoms with Gasteiger partial charge in [0.1, 0.15) is 0 Å². The summed E-state index contributed by atoms with van der Waals surface area (Å²) in [7, 11) is -4.78. The highest BCUT2D eigenvalue weighted by Gasteiger charge is 2.92. The second kappa shape index (κ2) is 7.42. The lowest BCUT2D eigenvalue weighted by Gasteiger charge is -2.41. The van der Waals surface area contributed by atoms with Crippen molar-refractivity contribution < 1.29 is 74.7 Å². The van der Waals surface area contributed by atoms with E-state index in [0.29, 0.717) is 21.3 Å². The zero-order chi connectivity index (χ0) is 23.2. The first-order chi connectivity index (χ1) is 12.1. The van der Waals surface area contributed by atoms with Crippen LogP contribution in [0.5, 0.6) is 0 Å². The zero-order valence-corrected chi connectivity index (χ0v) is 14.6. The van der Waals surface area contributed by atoms with E-state index in [1.165, 1.54) is 0 Å². The molecule has 0 saturated carbocycles. The number of halogens is 14. The lowest BCUT2D eigenvalue weighted by Crippen LogP contribution is -2.74. The Kier molecular flexibility index (Phi) is 7.19. The fourth-order valence-electron chi connectivity index (χ4n) is 1.72. The molecule has 0 bridgehead atoms. The van der Waals surface area contributed by atoms with Gasteiger partial charge >= 0.3 is 44.6 Å². The molecule has 0 N–H and O–H groups in total. The van der Waals surface area contributed by atoms with Gasteiger partial charge < -0.3 is 13.3 Å². The molecule has 0 rings (SSSR count). The quantitative estimate of drug-likeness (QED) is 0.366. The minimum Gasteiger partial charge on any atom is -0.375 e. The van der Waals surface area contributed by atoms with Crippen LogP contribution in [-0.4, -0.2) is 71.7 Å². The Bertz CT molecular complexity index is 536. The summed E-state index contributed by atoms with van der Waals surface area (Å²) in [6.07, 6.45) is -7.55. The van der Waals surface area contributed by atoms with Crippen molar-refractivity contribution >= 4 is 8.80 Å². The van der Waals surface area contributed by atoms with Crippen LogP contribution in [0.2, 0.25) is 0 Å². The minimum absolute atomic E-state index is 0.296. The molecule has 0 aromatic carbocycles. The highest BCUT2D eigenvalue weighted by molar-refractivity contribution is 6.62. The van der Waals surface area contributed by atoms with E-state index in [1.807, 2.05) is 0 Å². The molecule has 170 valence electrons. The van der Waals surface area contributed by atoms with Crippen molar-refractivity contribution in [3.8, 4) is 0 Å². The smallest absolute Gasteiger partial charge is 0.375 e. The maximum atomic E-state index is 13.9. The zero-order valence-electron chi connectivity index (χ0n) is 13.6. The summed E-state index contributed by atoms with van der Waals surface area (Å²) in [5.74, 6) is -43.7. The van der Waals surface area contributed by atoms with Crippen LogP contribution >= 0.6 is 0 Å². The standard InChI is InChI=1S/C10H10F14O3Si/c1-25-28(26-2,27-3)4(11)5(12,13)6(14,15)7(16,17)8(18,19)9(20,21)10(22,23)24/h4H,1-3H3. The molecule has 0 aromatic rings. The molecular weight excluding hydrogens is 462 g/mol.